The quantitative estimate of drug-likeness (QED) is 0.821. The Hall–Kier alpha value is -1.65. The summed E-state index contributed by atoms with van der Waals surface area (Å²) in [6.45, 7) is 0.565. The zero-order valence-corrected chi connectivity index (χ0v) is 8.18. The highest BCUT2D eigenvalue weighted by Crippen LogP contribution is 2.09. The van der Waals surface area contributed by atoms with Gasteiger partial charge in [-0.2, -0.15) is 0 Å². The third kappa shape index (κ3) is 2.65. The second kappa shape index (κ2) is 4.72. The summed E-state index contributed by atoms with van der Waals surface area (Å²) in [4.78, 5) is 4.16. The molecule has 4 heteroatoms. The van der Waals surface area contributed by atoms with Gasteiger partial charge in [0.05, 0.1) is 12.0 Å². The third-order valence-electron chi connectivity index (χ3n) is 2.04. The van der Waals surface area contributed by atoms with Crippen LogP contribution in [0.3, 0.4) is 0 Å². The Morgan fingerprint density at radius 1 is 1.33 bits per heavy atom. The minimum absolute atomic E-state index is 0.540. The molecular formula is C11H12N3O. The lowest BCUT2D eigenvalue weighted by Crippen LogP contribution is -2.21. The van der Waals surface area contributed by atoms with Gasteiger partial charge in [0.25, 0.3) is 0 Å². The zero-order valence-electron chi connectivity index (χ0n) is 8.18. The summed E-state index contributed by atoms with van der Waals surface area (Å²) in [6, 6.07) is 9.27. The van der Waals surface area contributed by atoms with Crippen LogP contribution in [0.1, 0.15) is 17.6 Å². The molecule has 2 N–H and O–H groups in total. The minimum atomic E-state index is -0.540. The molecule has 2 rings (SSSR count). The van der Waals surface area contributed by atoms with Gasteiger partial charge in [-0.05, 0) is 24.3 Å². The van der Waals surface area contributed by atoms with E-state index in [1.165, 1.54) is 0 Å². The zero-order chi connectivity index (χ0) is 10.5. The molecule has 0 aliphatic carbocycles. The molecule has 1 unspecified atom stereocenters. The molecule has 1 atom stereocenters. The molecule has 4 nitrogen and oxygen atoms in total. The Morgan fingerprint density at radius 3 is 2.93 bits per heavy atom. The van der Waals surface area contributed by atoms with Crippen LogP contribution >= 0.6 is 0 Å². The fraction of sp³-hybridized carbons (Fsp3) is 0.182. The maximum Gasteiger partial charge on any atom is 0.136 e. The predicted octanol–water partition coefficient (Wildman–Crippen LogP) is 1.75. The summed E-state index contributed by atoms with van der Waals surface area (Å²) in [5.41, 5.74) is 8.66. The smallest absolute Gasteiger partial charge is 0.136 e. The van der Waals surface area contributed by atoms with E-state index < -0.39 is 6.17 Å². The molecule has 77 valence electrons. The van der Waals surface area contributed by atoms with Gasteiger partial charge in [0.2, 0.25) is 0 Å². The number of hydrogen-bond acceptors (Lipinski definition) is 3. The monoisotopic (exact) mass is 202 g/mol. The number of nitrogens with zero attached hydrogens (tertiary/aromatic N) is 1. The van der Waals surface area contributed by atoms with Crippen LogP contribution in [-0.4, -0.2) is 4.98 Å². The van der Waals surface area contributed by atoms with Gasteiger partial charge >= 0.3 is 0 Å². The number of hydrogen-bond donors (Lipinski definition) is 1. The average molecular weight is 202 g/mol. The van der Waals surface area contributed by atoms with Crippen molar-refractivity contribution in [2.75, 3.05) is 0 Å². The molecule has 0 saturated heterocycles. The Bertz CT molecular complexity index is 385. The van der Waals surface area contributed by atoms with Crippen molar-refractivity contribution in [3.8, 4) is 0 Å². The first kappa shape index (κ1) is 9.89. The fourth-order valence-electron chi connectivity index (χ4n) is 1.27. The number of aromatic nitrogens is 1. The van der Waals surface area contributed by atoms with Gasteiger partial charge in [0, 0.05) is 12.7 Å². The maximum absolute atomic E-state index is 7.75. The Balaban J connectivity index is 1.89. The molecule has 0 aliphatic rings. The molecule has 0 amide bonds. The third-order valence-corrected chi connectivity index (χ3v) is 2.04. The molecule has 0 saturated carbocycles. The van der Waals surface area contributed by atoms with Gasteiger partial charge in [-0.15, -0.1) is 0 Å². The summed E-state index contributed by atoms with van der Waals surface area (Å²) in [6.07, 6.45) is 2.77. The highest BCUT2D eigenvalue weighted by Gasteiger charge is 2.08. The molecule has 1 radical (unpaired) electrons. The van der Waals surface area contributed by atoms with Crippen LogP contribution in [0.25, 0.3) is 0 Å². The molecule has 0 aliphatic heterocycles. The number of furan rings is 1. The topological polar surface area (TPSA) is 61.9 Å². The van der Waals surface area contributed by atoms with Crippen LogP contribution in [0.2, 0.25) is 0 Å². The molecule has 0 aromatic carbocycles. The van der Waals surface area contributed by atoms with Crippen molar-refractivity contribution in [3.63, 3.8) is 0 Å². The van der Waals surface area contributed by atoms with Crippen LogP contribution < -0.4 is 11.1 Å². The van der Waals surface area contributed by atoms with Gasteiger partial charge in [-0.25, -0.2) is 5.73 Å². The van der Waals surface area contributed by atoms with Crippen LogP contribution in [0, 0.1) is 0 Å². The molecule has 2 aromatic heterocycles. The van der Waals surface area contributed by atoms with E-state index in [9.17, 15) is 0 Å². The van der Waals surface area contributed by atoms with E-state index in [0.29, 0.717) is 12.3 Å². The van der Waals surface area contributed by atoms with Crippen LogP contribution in [-0.2, 0) is 6.54 Å². The van der Waals surface area contributed by atoms with Crippen LogP contribution in [0.15, 0.2) is 47.2 Å². The van der Waals surface area contributed by atoms with E-state index >= 15 is 0 Å². The van der Waals surface area contributed by atoms with E-state index in [-0.39, 0.29) is 0 Å². The van der Waals surface area contributed by atoms with Gasteiger partial charge in [0.15, 0.2) is 0 Å². The Labute approximate surface area is 88.1 Å². The number of rotatable bonds is 4. The summed E-state index contributed by atoms with van der Waals surface area (Å²) >= 11 is 0. The van der Waals surface area contributed by atoms with Crippen LogP contribution in [0.4, 0.5) is 0 Å². The fourth-order valence-corrected chi connectivity index (χ4v) is 1.27. The van der Waals surface area contributed by atoms with Crippen molar-refractivity contribution < 1.29 is 4.42 Å². The van der Waals surface area contributed by atoms with Crippen LogP contribution in [0.5, 0.6) is 0 Å². The van der Waals surface area contributed by atoms with E-state index in [0.717, 1.165) is 5.69 Å². The molecular weight excluding hydrogens is 190 g/mol. The minimum Gasteiger partial charge on any atom is -0.466 e. The summed E-state index contributed by atoms with van der Waals surface area (Å²) in [5, 5.41) is 3.01. The molecule has 0 bridgehead atoms. The van der Waals surface area contributed by atoms with Crippen molar-refractivity contribution in [2.45, 2.75) is 12.7 Å². The lowest BCUT2D eigenvalue weighted by molar-refractivity contribution is 0.409. The van der Waals surface area contributed by atoms with Gasteiger partial charge in [-0.1, -0.05) is 6.07 Å². The SMILES string of the molecule is [NH]C(NCc1ccccn1)c1ccco1. The molecule has 2 aromatic rings. The molecule has 0 spiro atoms. The maximum atomic E-state index is 7.75. The number of nitrogens with one attached hydrogen (secondary N) is 2. The van der Waals surface area contributed by atoms with Crippen molar-refractivity contribution in [3.05, 3.63) is 54.2 Å². The van der Waals surface area contributed by atoms with E-state index in [1.54, 1.807) is 24.6 Å². The second-order valence-corrected chi connectivity index (χ2v) is 3.15. The normalized spacial score (nSPS) is 12.6. The highest BCUT2D eigenvalue weighted by molar-refractivity contribution is 5.05. The molecule has 2 heterocycles. The summed E-state index contributed by atoms with van der Waals surface area (Å²) in [7, 11) is 0. The van der Waals surface area contributed by atoms with Gasteiger partial charge < -0.3 is 4.42 Å². The van der Waals surface area contributed by atoms with Crippen molar-refractivity contribution in [2.24, 2.45) is 0 Å². The van der Waals surface area contributed by atoms with Gasteiger partial charge in [0.1, 0.15) is 11.9 Å². The van der Waals surface area contributed by atoms with E-state index in [2.05, 4.69) is 10.3 Å². The summed E-state index contributed by atoms with van der Waals surface area (Å²) in [5.74, 6) is 0.617. The summed E-state index contributed by atoms with van der Waals surface area (Å²) < 4.78 is 5.11. The average Bonchev–Trinajstić information content (AvgIpc) is 2.81. The van der Waals surface area contributed by atoms with Crippen molar-refractivity contribution >= 4 is 0 Å². The molecule has 0 fully saturated rings. The van der Waals surface area contributed by atoms with Gasteiger partial charge in [-0.3, -0.25) is 10.3 Å². The van der Waals surface area contributed by atoms with E-state index in [1.807, 2.05) is 18.2 Å². The Morgan fingerprint density at radius 2 is 2.27 bits per heavy atom. The highest BCUT2D eigenvalue weighted by atomic mass is 16.3. The lowest BCUT2D eigenvalue weighted by atomic mass is 10.3. The predicted molar refractivity (Wildman–Crippen MR) is 55.6 cm³/mol. The second-order valence-electron chi connectivity index (χ2n) is 3.15. The number of pyridine rings is 1. The standard InChI is InChI=1S/C11H12N3O/c12-11(10-5-3-7-15-10)14-8-9-4-1-2-6-13-9/h1-7,11-12,14H,8H2. The first-order valence-corrected chi connectivity index (χ1v) is 4.74. The molecule has 15 heavy (non-hydrogen) atoms. The Kier molecular flexibility index (Phi) is 3.11. The first-order chi connectivity index (χ1) is 7.36. The van der Waals surface area contributed by atoms with Crippen molar-refractivity contribution in [1.29, 1.82) is 0 Å². The first-order valence-electron chi connectivity index (χ1n) is 4.74. The van der Waals surface area contributed by atoms with E-state index in [4.69, 9.17) is 10.2 Å². The lowest BCUT2D eigenvalue weighted by Gasteiger charge is -2.09. The largest absolute Gasteiger partial charge is 0.466 e. The van der Waals surface area contributed by atoms with Crippen molar-refractivity contribution in [1.82, 2.24) is 16.0 Å².